The lowest BCUT2D eigenvalue weighted by atomic mass is 9.84. The first-order valence-electron chi connectivity index (χ1n) is 16.2. The van der Waals surface area contributed by atoms with E-state index in [1.807, 2.05) is 0 Å². The van der Waals surface area contributed by atoms with Crippen molar-refractivity contribution >= 4 is 33.9 Å². The average Bonchev–Trinajstić information content (AvgIpc) is 3.73. The number of amides is 2. The number of nitrogens with zero attached hydrogens (tertiary/aromatic N) is 4. The number of aryl methyl sites for hydroxylation is 2. The van der Waals surface area contributed by atoms with Crippen molar-refractivity contribution < 1.29 is 9.59 Å². The standard InChI is InChI=1S/C34H40N6O2/c41-33(23-5-1-6-23)39-17-3-9-29(39)31-35-25-15-13-21(19-27(25)37-31)11-12-22-14-16-26-28(20-22)38-32(36-26)30-10-4-18-40(30)34(42)24-7-2-8-24/h13-16,19-20,23-24,29-30H,1-12,17-18H2,(H,35,37)(H,36,38)/t29-,30?/m0/s1. The van der Waals surface area contributed by atoms with E-state index in [9.17, 15) is 9.59 Å². The highest BCUT2D eigenvalue weighted by Crippen LogP contribution is 2.38. The highest BCUT2D eigenvalue weighted by molar-refractivity contribution is 5.82. The van der Waals surface area contributed by atoms with Crippen LogP contribution in [-0.2, 0) is 22.4 Å². The van der Waals surface area contributed by atoms with Crippen molar-refractivity contribution in [2.75, 3.05) is 13.1 Å². The van der Waals surface area contributed by atoms with Crippen LogP contribution in [0, 0.1) is 11.8 Å². The fourth-order valence-electron chi connectivity index (χ4n) is 7.48. The van der Waals surface area contributed by atoms with Crippen LogP contribution in [0.3, 0.4) is 0 Å². The molecule has 2 N–H and O–H groups in total. The molecule has 0 spiro atoms. The normalized spacial score (nSPS) is 23.1. The molecule has 42 heavy (non-hydrogen) atoms. The molecule has 0 bridgehead atoms. The number of carbonyl (C=O) groups is 2. The maximum atomic E-state index is 13.0. The van der Waals surface area contributed by atoms with Gasteiger partial charge in [0.15, 0.2) is 0 Å². The number of hydrogen-bond acceptors (Lipinski definition) is 4. The molecule has 8 rings (SSSR count). The zero-order chi connectivity index (χ0) is 28.2. The quantitative estimate of drug-likeness (QED) is 0.281. The molecule has 2 atom stereocenters. The van der Waals surface area contributed by atoms with Gasteiger partial charge in [-0.15, -0.1) is 0 Å². The Labute approximate surface area is 246 Å². The number of likely N-dealkylation sites (tertiary alicyclic amines) is 2. The van der Waals surface area contributed by atoms with E-state index in [0.717, 1.165) is 111 Å². The van der Waals surface area contributed by atoms with Crippen molar-refractivity contribution in [3.63, 3.8) is 0 Å². The largest absolute Gasteiger partial charge is 0.340 e. The molecule has 4 heterocycles. The van der Waals surface area contributed by atoms with Crippen molar-refractivity contribution in [1.82, 2.24) is 29.7 Å². The number of carbonyl (C=O) groups excluding carboxylic acids is 2. The molecule has 2 aliphatic heterocycles. The van der Waals surface area contributed by atoms with E-state index >= 15 is 0 Å². The molecule has 2 aromatic carbocycles. The lowest BCUT2D eigenvalue weighted by Crippen LogP contribution is -2.38. The Morgan fingerprint density at radius 3 is 1.50 bits per heavy atom. The molecule has 4 aliphatic rings. The van der Waals surface area contributed by atoms with Crippen LogP contribution in [-0.4, -0.2) is 54.6 Å². The minimum Gasteiger partial charge on any atom is -0.340 e. The molecule has 4 aromatic rings. The van der Waals surface area contributed by atoms with Crippen molar-refractivity contribution in [1.29, 1.82) is 0 Å². The van der Waals surface area contributed by atoms with Gasteiger partial charge in [0.25, 0.3) is 0 Å². The number of aromatic amines is 2. The van der Waals surface area contributed by atoms with Gasteiger partial charge < -0.3 is 19.8 Å². The van der Waals surface area contributed by atoms with Crippen LogP contribution in [0.4, 0.5) is 0 Å². The number of H-pyrrole nitrogens is 2. The van der Waals surface area contributed by atoms with Crippen molar-refractivity contribution in [2.24, 2.45) is 11.8 Å². The predicted octanol–water partition coefficient (Wildman–Crippen LogP) is 6.15. The Morgan fingerprint density at radius 1 is 0.643 bits per heavy atom. The van der Waals surface area contributed by atoms with Gasteiger partial charge in [-0.3, -0.25) is 9.59 Å². The third-order valence-corrected chi connectivity index (χ3v) is 10.4. The van der Waals surface area contributed by atoms with Crippen LogP contribution < -0.4 is 0 Å². The molecular weight excluding hydrogens is 524 g/mol. The molecule has 2 saturated heterocycles. The van der Waals surface area contributed by atoms with Crippen LogP contribution in [0.2, 0.25) is 0 Å². The molecule has 218 valence electrons. The van der Waals surface area contributed by atoms with E-state index in [2.05, 4.69) is 56.2 Å². The zero-order valence-electron chi connectivity index (χ0n) is 24.3. The van der Waals surface area contributed by atoms with Crippen molar-refractivity contribution in [3.8, 4) is 0 Å². The van der Waals surface area contributed by atoms with Gasteiger partial charge in [0.1, 0.15) is 11.6 Å². The fourth-order valence-corrected chi connectivity index (χ4v) is 7.48. The second-order valence-electron chi connectivity index (χ2n) is 13.1. The smallest absolute Gasteiger partial charge is 0.226 e. The van der Waals surface area contributed by atoms with Gasteiger partial charge >= 0.3 is 0 Å². The summed E-state index contributed by atoms with van der Waals surface area (Å²) in [5, 5.41) is 0. The monoisotopic (exact) mass is 564 g/mol. The molecule has 1 unspecified atom stereocenters. The highest BCUT2D eigenvalue weighted by Gasteiger charge is 2.38. The molecule has 2 saturated carbocycles. The van der Waals surface area contributed by atoms with Crippen LogP contribution in [0.5, 0.6) is 0 Å². The van der Waals surface area contributed by atoms with Crippen LogP contribution in [0.25, 0.3) is 22.1 Å². The minimum absolute atomic E-state index is 0.0765. The summed E-state index contributed by atoms with van der Waals surface area (Å²) in [7, 11) is 0. The van der Waals surface area contributed by atoms with Crippen molar-refractivity contribution in [3.05, 3.63) is 59.2 Å². The number of aromatic nitrogens is 4. The summed E-state index contributed by atoms with van der Waals surface area (Å²) < 4.78 is 0. The average molecular weight is 565 g/mol. The van der Waals surface area contributed by atoms with Gasteiger partial charge in [-0.1, -0.05) is 25.0 Å². The first kappa shape index (κ1) is 26.0. The first-order valence-corrected chi connectivity index (χ1v) is 16.2. The van der Waals surface area contributed by atoms with E-state index in [-0.39, 0.29) is 23.9 Å². The van der Waals surface area contributed by atoms with E-state index < -0.39 is 0 Å². The number of benzene rings is 2. The Bertz CT molecular complexity index is 1520. The lowest BCUT2D eigenvalue weighted by molar-refractivity contribution is -0.140. The van der Waals surface area contributed by atoms with Gasteiger partial charge in [-0.25, -0.2) is 9.97 Å². The fraction of sp³-hybridized carbons (Fsp3) is 0.529. The van der Waals surface area contributed by atoms with E-state index in [1.165, 1.54) is 24.0 Å². The molecule has 2 aromatic heterocycles. The Balaban J connectivity index is 0.951. The molecule has 4 fully saturated rings. The number of hydrogen-bond donors (Lipinski definition) is 2. The summed E-state index contributed by atoms with van der Waals surface area (Å²) in [6, 6.07) is 13.2. The van der Waals surface area contributed by atoms with Crippen LogP contribution >= 0.6 is 0 Å². The molecule has 2 amide bonds. The summed E-state index contributed by atoms with van der Waals surface area (Å²) in [5.41, 5.74) is 6.59. The number of nitrogens with one attached hydrogen (secondary N) is 2. The third-order valence-electron chi connectivity index (χ3n) is 10.4. The Hall–Kier alpha value is -3.68. The van der Waals surface area contributed by atoms with Gasteiger partial charge in [-0.05, 0) is 99.6 Å². The second kappa shape index (κ2) is 10.5. The van der Waals surface area contributed by atoms with E-state index in [1.54, 1.807) is 0 Å². The molecule has 8 nitrogen and oxygen atoms in total. The maximum absolute atomic E-state index is 13.0. The molecule has 0 radical (unpaired) electrons. The Morgan fingerprint density at radius 2 is 1.10 bits per heavy atom. The third kappa shape index (κ3) is 4.59. The minimum atomic E-state index is 0.0765. The number of imidazole rings is 2. The SMILES string of the molecule is O=C(C1CCC1)N1CCCC1c1nc2ccc(CCc3ccc4nc([C@@H]5CCCN5C(=O)C5CCC5)[nH]c4c3)cc2[nH]1. The lowest BCUT2D eigenvalue weighted by Gasteiger charge is -2.32. The summed E-state index contributed by atoms with van der Waals surface area (Å²) in [6.07, 6.45) is 12.5. The molecule has 8 heteroatoms. The molecule has 2 aliphatic carbocycles. The summed E-state index contributed by atoms with van der Waals surface area (Å²) in [4.78, 5) is 47.1. The highest BCUT2D eigenvalue weighted by atomic mass is 16.2. The van der Waals surface area contributed by atoms with Crippen LogP contribution in [0.1, 0.15) is 99.1 Å². The van der Waals surface area contributed by atoms with E-state index in [4.69, 9.17) is 9.97 Å². The first-order chi connectivity index (χ1) is 20.6. The summed E-state index contributed by atoms with van der Waals surface area (Å²) in [5.74, 6) is 2.98. The predicted molar refractivity (Wildman–Crippen MR) is 162 cm³/mol. The van der Waals surface area contributed by atoms with Gasteiger partial charge in [0.2, 0.25) is 11.8 Å². The zero-order valence-corrected chi connectivity index (χ0v) is 24.3. The number of rotatable bonds is 7. The molecular formula is C34H40N6O2. The van der Waals surface area contributed by atoms with Gasteiger partial charge in [0.05, 0.1) is 34.2 Å². The van der Waals surface area contributed by atoms with E-state index in [0.29, 0.717) is 11.8 Å². The summed E-state index contributed by atoms with van der Waals surface area (Å²) >= 11 is 0. The van der Waals surface area contributed by atoms with Crippen LogP contribution in [0.15, 0.2) is 36.4 Å². The van der Waals surface area contributed by atoms with Gasteiger partial charge in [-0.2, -0.15) is 0 Å². The Kier molecular flexibility index (Phi) is 6.53. The number of fused-ring (bicyclic) bond motifs is 2. The topological polar surface area (TPSA) is 98.0 Å². The summed E-state index contributed by atoms with van der Waals surface area (Å²) in [6.45, 7) is 1.70. The van der Waals surface area contributed by atoms with Gasteiger partial charge in [0, 0.05) is 24.9 Å². The van der Waals surface area contributed by atoms with Crippen molar-refractivity contribution in [2.45, 2.75) is 89.1 Å². The maximum Gasteiger partial charge on any atom is 0.226 e. The second-order valence-corrected chi connectivity index (χ2v) is 13.1.